The van der Waals surface area contributed by atoms with Gasteiger partial charge in [-0.2, -0.15) is 0 Å². The number of methoxy groups -OCH3 is 1. The second kappa shape index (κ2) is 6.83. The Morgan fingerprint density at radius 2 is 1.76 bits per heavy atom. The monoisotopic (exact) mass is 289 g/mol. The zero-order valence-electron chi connectivity index (χ0n) is 14.2. The van der Waals surface area contributed by atoms with E-state index < -0.39 is 0 Å². The Bertz CT molecular complexity index is 441. The van der Waals surface area contributed by atoms with Crippen LogP contribution >= 0.6 is 0 Å². The first-order valence-corrected chi connectivity index (χ1v) is 8.31. The van der Waals surface area contributed by atoms with Gasteiger partial charge in [0.1, 0.15) is 5.75 Å². The molecule has 1 fully saturated rings. The van der Waals surface area contributed by atoms with Gasteiger partial charge in [-0.25, -0.2) is 0 Å². The van der Waals surface area contributed by atoms with Gasteiger partial charge in [-0.1, -0.05) is 37.5 Å². The number of hydrogen-bond donors (Lipinski definition) is 1. The van der Waals surface area contributed by atoms with E-state index in [1.54, 1.807) is 7.11 Å². The van der Waals surface area contributed by atoms with Gasteiger partial charge < -0.3 is 10.1 Å². The Labute approximate surface area is 130 Å². The van der Waals surface area contributed by atoms with Crippen molar-refractivity contribution in [2.45, 2.75) is 64.8 Å². The maximum atomic E-state index is 5.56. The van der Waals surface area contributed by atoms with E-state index in [0.29, 0.717) is 5.41 Å². The van der Waals surface area contributed by atoms with Crippen molar-refractivity contribution in [3.8, 4) is 5.75 Å². The van der Waals surface area contributed by atoms with Gasteiger partial charge in [0.25, 0.3) is 0 Å². The summed E-state index contributed by atoms with van der Waals surface area (Å²) in [4.78, 5) is 0. The van der Waals surface area contributed by atoms with E-state index in [1.165, 1.54) is 37.7 Å². The second-order valence-corrected chi connectivity index (χ2v) is 7.65. The molecule has 1 aromatic carbocycles. The lowest BCUT2D eigenvalue weighted by atomic mass is 9.70. The number of hydrogen-bond acceptors (Lipinski definition) is 2. The van der Waals surface area contributed by atoms with E-state index in [-0.39, 0.29) is 5.54 Å². The third-order valence-corrected chi connectivity index (χ3v) is 4.67. The Balaban J connectivity index is 2.15. The molecule has 1 aromatic rings. The van der Waals surface area contributed by atoms with Crippen molar-refractivity contribution in [2.75, 3.05) is 13.7 Å². The first kappa shape index (κ1) is 16.4. The van der Waals surface area contributed by atoms with Crippen molar-refractivity contribution in [3.05, 3.63) is 29.8 Å². The summed E-state index contributed by atoms with van der Waals surface area (Å²) in [5.41, 5.74) is 1.93. The first-order valence-electron chi connectivity index (χ1n) is 8.31. The van der Waals surface area contributed by atoms with E-state index in [0.717, 1.165) is 18.7 Å². The van der Waals surface area contributed by atoms with E-state index in [2.05, 4.69) is 50.4 Å². The lowest BCUT2D eigenvalue weighted by Gasteiger charge is -2.40. The van der Waals surface area contributed by atoms with Crippen molar-refractivity contribution in [1.82, 2.24) is 5.32 Å². The number of para-hydroxylation sites is 1. The van der Waals surface area contributed by atoms with Crippen LogP contribution in [-0.2, 0) is 6.42 Å². The van der Waals surface area contributed by atoms with Gasteiger partial charge in [0.15, 0.2) is 0 Å². The predicted octanol–water partition coefficient (Wildman–Crippen LogP) is 4.58. The SMILES string of the molecule is COc1ccccc1CC1(CNC(C)(C)C)CCCCC1. The van der Waals surface area contributed by atoms with Crippen molar-refractivity contribution in [2.24, 2.45) is 5.41 Å². The minimum absolute atomic E-state index is 0.186. The van der Waals surface area contributed by atoms with Gasteiger partial charge in [-0.15, -0.1) is 0 Å². The topological polar surface area (TPSA) is 21.3 Å². The molecule has 2 rings (SSSR count). The summed E-state index contributed by atoms with van der Waals surface area (Å²) in [7, 11) is 1.78. The molecule has 2 nitrogen and oxygen atoms in total. The molecular weight excluding hydrogens is 258 g/mol. The molecule has 0 spiro atoms. The highest BCUT2D eigenvalue weighted by atomic mass is 16.5. The van der Waals surface area contributed by atoms with Crippen LogP contribution in [0.15, 0.2) is 24.3 Å². The maximum absolute atomic E-state index is 5.56. The normalized spacial score (nSPS) is 18.5. The molecule has 21 heavy (non-hydrogen) atoms. The predicted molar refractivity (Wildman–Crippen MR) is 90.0 cm³/mol. The maximum Gasteiger partial charge on any atom is 0.122 e. The van der Waals surface area contributed by atoms with Crippen LogP contribution in [0.5, 0.6) is 5.75 Å². The Hall–Kier alpha value is -1.02. The van der Waals surface area contributed by atoms with Crippen LogP contribution in [0.3, 0.4) is 0 Å². The summed E-state index contributed by atoms with van der Waals surface area (Å²) in [6.07, 6.45) is 7.90. The molecule has 1 saturated carbocycles. The molecule has 0 aromatic heterocycles. The second-order valence-electron chi connectivity index (χ2n) is 7.65. The fourth-order valence-corrected chi connectivity index (χ4v) is 3.42. The third kappa shape index (κ3) is 4.74. The highest BCUT2D eigenvalue weighted by Gasteiger charge is 2.33. The average molecular weight is 289 g/mol. The highest BCUT2D eigenvalue weighted by Crippen LogP contribution is 2.40. The number of benzene rings is 1. The molecule has 1 aliphatic carbocycles. The zero-order chi connectivity index (χ0) is 15.3. The van der Waals surface area contributed by atoms with Gasteiger partial charge in [0.2, 0.25) is 0 Å². The Kier molecular flexibility index (Phi) is 5.32. The van der Waals surface area contributed by atoms with Crippen molar-refractivity contribution >= 4 is 0 Å². The molecule has 0 bridgehead atoms. The van der Waals surface area contributed by atoms with Crippen LogP contribution in [0.1, 0.15) is 58.4 Å². The van der Waals surface area contributed by atoms with Crippen LogP contribution in [0, 0.1) is 5.41 Å². The average Bonchev–Trinajstić information content (AvgIpc) is 2.46. The fourth-order valence-electron chi connectivity index (χ4n) is 3.42. The van der Waals surface area contributed by atoms with Gasteiger partial charge in [-0.3, -0.25) is 0 Å². The van der Waals surface area contributed by atoms with Crippen LogP contribution in [0.25, 0.3) is 0 Å². The summed E-state index contributed by atoms with van der Waals surface area (Å²) in [6.45, 7) is 7.88. The molecule has 0 amide bonds. The van der Waals surface area contributed by atoms with Crippen LogP contribution in [0.4, 0.5) is 0 Å². The largest absolute Gasteiger partial charge is 0.496 e. The molecule has 2 heteroatoms. The minimum Gasteiger partial charge on any atom is -0.496 e. The molecule has 0 radical (unpaired) electrons. The van der Waals surface area contributed by atoms with Crippen LogP contribution in [-0.4, -0.2) is 19.2 Å². The Morgan fingerprint density at radius 1 is 1.10 bits per heavy atom. The number of ether oxygens (including phenoxy) is 1. The van der Waals surface area contributed by atoms with E-state index in [9.17, 15) is 0 Å². The third-order valence-electron chi connectivity index (χ3n) is 4.67. The lowest BCUT2D eigenvalue weighted by Crippen LogP contribution is -2.45. The van der Waals surface area contributed by atoms with E-state index in [4.69, 9.17) is 4.74 Å². The summed E-state index contributed by atoms with van der Waals surface area (Å²) in [6, 6.07) is 8.50. The Morgan fingerprint density at radius 3 is 2.38 bits per heavy atom. The standard InChI is InChI=1S/C19H31NO/c1-18(2,3)20-15-19(12-8-5-9-13-19)14-16-10-6-7-11-17(16)21-4/h6-7,10-11,20H,5,8-9,12-15H2,1-4H3. The highest BCUT2D eigenvalue weighted by molar-refractivity contribution is 5.34. The summed E-state index contributed by atoms with van der Waals surface area (Å²) in [5, 5.41) is 3.75. The minimum atomic E-state index is 0.186. The van der Waals surface area contributed by atoms with Crippen LogP contribution in [0.2, 0.25) is 0 Å². The summed E-state index contributed by atoms with van der Waals surface area (Å²) in [5.74, 6) is 1.04. The molecule has 0 heterocycles. The number of rotatable bonds is 5. The van der Waals surface area contributed by atoms with Crippen LogP contribution < -0.4 is 10.1 Å². The first-order chi connectivity index (χ1) is 9.94. The molecule has 1 aliphatic rings. The smallest absolute Gasteiger partial charge is 0.122 e. The molecular formula is C19H31NO. The molecule has 0 unspecified atom stereocenters. The summed E-state index contributed by atoms with van der Waals surface area (Å²) >= 11 is 0. The fraction of sp³-hybridized carbons (Fsp3) is 0.684. The lowest BCUT2D eigenvalue weighted by molar-refractivity contribution is 0.164. The van der Waals surface area contributed by atoms with Gasteiger partial charge in [0, 0.05) is 12.1 Å². The molecule has 0 atom stereocenters. The van der Waals surface area contributed by atoms with Gasteiger partial charge >= 0.3 is 0 Å². The van der Waals surface area contributed by atoms with Crippen molar-refractivity contribution in [3.63, 3.8) is 0 Å². The van der Waals surface area contributed by atoms with Gasteiger partial charge in [0.05, 0.1) is 7.11 Å². The zero-order valence-corrected chi connectivity index (χ0v) is 14.2. The summed E-state index contributed by atoms with van der Waals surface area (Å²) < 4.78 is 5.56. The molecule has 0 saturated heterocycles. The van der Waals surface area contributed by atoms with Crippen molar-refractivity contribution < 1.29 is 4.74 Å². The molecule has 1 N–H and O–H groups in total. The van der Waals surface area contributed by atoms with Gasteiger partial charge in [-0.05, 0) is 57.1 Å². The number of nitrogens with one attached hydrogen (secondary N) is 1. The van der Waals surface area contributed by atoms with E-state index in [1.807, 2.05) is 0 Å². The van der Waals surface area contributed by atoms with E-state index >= 15 is 0 Å². The quantitative estimate of drug-likeness (QED) is 0.857. The molecule has 118 valence electrons. The van der Waals surface area contributed by atoms with Crippen molar-refractivity contribution in [1.29, 1.82) is 0 Å². The molecule has 0 aliphatic heterocycles.